The normalized spacial score (nSPS) is 10.1. The molecule has 5 nitrogen and oxygen atoms in total. The Labute approximate surface area is 163 Å². The van der Waals surface area contributed by atoms with E-state index in [1.807, 2.05) is 66.7 Å². The monoisotopic (exact) mass is 375 g/mol. The van der Waals surface area contributed by atoms with Gasteiger partial charge in [-0.1, -0.05) is 66.7 Å². The topological polar surface area (TPSA) is 64.6 Å². The van der Waals surface area contributed by atoms with E-state index in [2.05, 4.69) is 5.32 Å². The Balaban J connectivity index is 1.51. The Bertz CT molecular complexity index is 910. The van der Waals surface area contributed by atoms with E-state index >= 15 is 0 Å². The molecule has 0 atom stereocenters. The van der Waals surface area contributed by atoms with E-state index in [-0.39, 0.29) is 19.1 Å². The SMILES string of the molecule is O=C(COC(=O)c1ccccc1COc1ccccc1)NCc1ccccc1. The number of hydrogen-bond donors (Lipinski definition) is 1. The standard InChI is InChI=1S/C23H21NO4/c25-22(24-15-18-9-3-1-4-10-18)17-28-23(26)21-14-8-7-11-19(21)16-27-20-12-5-2-6-13-20/h1-14H,15-17H2,(H,24,25). The van der Waals surface area contributed by atoms with E-state index in [9.17, 15) is 9.59 Å². The highest BCUT2D eigenvalue weighted by Crippen LogP contribution is 2.15. The van der Waals surface area contributed by atoms with Crippen molar-refractivity contribution in [1.29, 1.82) is 0 Å². The zero-order valence-electron chi connectivity index (χ0n) is 15.3. The van der Waals surface area contributed by atoms with Crippen LogP contribution in [0.3, 0.4) is 0 Å². The average Bonchev–Trinajstić information content (AvgIpc) is 2.76. The van der Waals surface area contributed by atoms with Crippen LogP contribution in [0.2, 0.25) is 0 Å². The lowest BCUT2D eigenvalue weighted by Gasteiger charge is -2.11. The Hall–Kier alpha value is -3.60. The van der Waals surface area contributed by atoms with Crippen molar-refractivity contribution in [3.63, 3.8) is 0 Å². The second kappa shape index (κ2) is 9.92. The fraction of sp³-hybridized carbons (Fsp3) is 0.130. The number of amides is 1. The number of para-hydroxylation sites is 1. The number of ether oxygens (including phenoxy) is 2. The summed E-state index contributed by atoms with van der Waals surface area (Å²) in [5.74, 6) is -0.191. The summed E-state index contributed by atoms with van der Waals surface area (Å²) < 4.78 is 10.9. The van der Waals surface area contributed by atoms with E-state index in [4.69, 9.17) is 9.47 Å². The molecule has 142 valence electrons. The lowest BCUT2D eigenvalue weighted by molar-refractivity contribution is -0.124. The van der Waals surface area contributed by atoms with Crippen LogP contribution in [0.4, 0.5) is 0 Å². The largest absolute Gasteiger partial charge is 0.489 e. The molecule has 1 N–H and O–H groups in total. The molecule has 0 spiro atoms. The van der Waals surface area contributed by atoms with E-state index in [0.717, 1.165) is 5.56 Å². The molecule has 0 aliphatic rings. The molecule has 3 aromatic carbocycles. The number of nitrogens with one attached hydrogen (secondary N) is 1. The zero-order chi connectivity index (χ0) is 19.6. The van der Waals surface area contributed by atoms with Crippen molar-refractivity contribution < 1.29 is 19.1 Å². The van der Waals surface area contributed by atoms with Gasteiger partial charge in [-0.3, -0.25) is 4.79 Å². The minimum atomic E-state index is -0.554. The molecule has 28 heavy (non-hydrogen) atoms. The average molecular weight is 375 g/mol. The molecule has 0 saturated heterocycles. The van der Waals surface area contributed by atoms with Crippen molar-refractivity contribution in [1.82, 2.24) is 5.32 Å². The van der Waals surface area contributed by atoms with E-state index < -0.39 is 5.97 Å². The van der Waals surface area contributed by atoms with Gasteiger partial charge in [-0.15, -0.1) is 0 Å². The molecule has 0 fully saturated rings. The molecule has 1 amide bonds. The Kier molecular flexibility index (Phi) is 6.79. The third-order valence-corrected chi connectivity index (χ3v) is 4.04. The summed E-state index contributed by atoms with van der Waals surface area (Å²) in [6, 6.07) is 25.9. The molecule has 3 rings (SSSR count). The number of hydrogen-bond acceptors (Lipinski definition) is 4. The smallest absolute Gasteiger partial charge is 0.339 e. The summed E-state index contributed by atoms with van der Waals surface area (Å²) in [6.45, 7) is 0.285. The molecule has 0 aromatic heterocycles. The number of carbonyl (C=O) groups is 2. The van der Waals surface area contributed by atoms with Crippen LogP contribution < -0.4 is 10.1 Å². The molecule has 0 unspecified atom stereocenters. The highest BCUT2D eigenvalue weighted by Gasteiger charge is 2.14. The summed E-state index contributed by atoms with van der Waals surface area (Å²) in [4.78, 5) is 24.3. The summed E-state index contributed by atoms with van der Waals surface area (Å²) in [6.07, 6.45) is 0. The third kappa shape index (κ3) is 5.71. The number of rotatable bonds is 8. The van der Waals surface area contributed by atoms with Crippen LogP contribution in [0.15, 0.2) is 84.9 Å². The molecule has 0 saturated carbocycles. The predicted molar refractivity (Wildman–Crippen MR) is 106 cm³/mol. The minimum Gasteiger partial charge on any atom is -0.489 e. The van der Waals surface area contributed by atoms with Gasteiger partial charge in [0.25, 0.3) is 5.91 Å². The maximum atomic E-state index is 12.4. The van der Waals surface area contributed by atoms with Gasteiger partial charge >= 0.3 is 5.97 Å². The number of carbonyl (C=O) groups excluding carboxylic acids is 2. The second-order valence-electron chi connectivity index (χ2n) is 6.10. The van der Waals surface area contributed by atoms with E-state index in [1.165, 1.54) is 0 Å². The van der Waals surface area contributed by atoms with Gasteiger partial charge < -0.3 is 14.8 Å². The van der Waals surface area contributed by atoms with Gasteiger partial charge in [0.2, 0.25) is 0 Å². The van der Waals surface area contributed by atoms with Crippen molar-refractivity contribution >= 4 is 11.9 Å². The molecule has 0 radical (unpaired) electrons. The number of esters is 1. The van der Waals surface area contributed by atoms with Crippen LogP contribution in [0.1, 0.15) is 21.5 Å². The highest BCUT2D eigenvalue weighted by molar-refractivity contribution is 5.92. The van der Waals surface area contributed by atoms with Gasteiger partial charge in [-0.25, -0.2) is 4.79 Å². The summed E-state index contributed by atoms with van der Waals surface area (Å²) >= 11 is 0. The first-order chi connectivity index (χ1) is 13.7. The fourth-order valence-electron chi connectivity index (χ4n) is 2.58. The first kappa shape index (κ1) is 19.2. The number of benzene rings is 3. The van der Waals surface area contributed by atoms with Gasteiger partial charge in [-0.2, -0.15) is 0 Å². The van der Waals surface area contributed by atoms with Gasteiger partial charge in [0, 0.05) is 12.1 Å². The maximum absolute atomic E-state index is 12.4. The predicted octanol–water partition coefficient (Wildman–Crippen LogP) is 3.74. The molecular weight excluding hydrogens is 354 g/mol. The third-order valence-electron chi connectivity index (χ3n) is 4.04. The Morgan fingerprint density at radius 3 is 2.18 bits per heavy atom. The quantitative estimate of drug-likeness (QED) is 0.609. The molecular formula is C23H21NO4. The van der Waals surface area contributed by atoms with Crippen LogP contribution in [0.25, 0.3) is 0 Å². The molecule has 5 heteroatoms. The van der Waals surface area contributed by atoms with E-state index in [1.54, 1.807) is 18.2 Å². The van der Waals surface area contributed by atoms with Crippen molar-refractivity contribution in [2.75, 3.05) is 6.61 Å². The second-order valence-corrected chi connectivity index (χ2v) is 6.10. The summed E-state index contributed by atoms with van der Waals surface area (Å²) in [7, 11) is 0. The van der Waals surface area contributed by atoms with E-state index in [0.29, 0.717) is 23.4 Å². The van der Waals surface area contributed by atoms with Crippen LogP contribution in [-0.2, 0) is 22.7 Å². The summed E-state index contributed by atoms with van der Waals surface area (Å²) in [5.41, 5.74) is 2.06. The van der Waals surface area contributed by atoms with Gasteiger partial charge in [-0.05, 0) is 23.8 Å². The van der Waals surface area contributed by atoms with Gasteiger partial charge in [0.15, 0.2) is 6.61 Å². The minimum absolute atomic E-state index is 0.232. The molecule has 3 aromatic rings. The highest BCUT2D eigenvalue weighted by atomic mass is 16.5. The Morgan fingerprint density at radius 2 is 1.43 bits per heavy atom. The van der Waals surface area contributed by atoms with Crippen LogP contribution >= 0.6 is 0 Å². The van der Waals surface area contributed by atoms with Crippen LogP contribution in [0.5, 0.6) is 5.75 Å². The molecule has 0 aliphatic carbocycles. The van der Waals surface area contributed by atoms with Crippen LogP contribution in [0, 0.1) is 0 Å². The fourth-order valence-corrected chi connectivity index (χ4v) is 2.58. The van der Waals surface area contributed by atoms with Crippen molar-refractivity contribution in [3.8, 4) is 5.75 Å². The maximum Gasteiger partial charge on any atom is 0.339 e. The Morgan fingerprint density at radius 1 is 0.786 bits per heavy atom. The van der Waals surface area contributed by atoms with Gasteiger partial charge in [0.05, 0.1) is 5.56 Å². The van der Waals surface area contributed by atoms with Crippen molar-refractivity contribution in [3.05, 3.63) is 102 Å². The lowest BCUT2D eigenvalue weighted by atomic mass is 10.1. The van der Waals surface area contributed by atoms with Crippen molar-refractivity contribution in [2.24, 2.45) is 0 Å². The lowest BCUT2D eigenvalue weighted by Crippen LogP contribution is -2.28. The molecule has 0 bridgehead atoms. The zero-order valence-corrected chi connectivity index (χ0v) is 15.3. The van der Waals surface area contributed by atoms with Crippen molar-refractivity contribution in [2.45, 2.75) is 13.2 Å². The molecule has 0 heterocycles. The first-order valence-electron chi connectivity index (χ1n) is 8.96. The first-order valence-corrected chi connectivity index (χ1v) is 8.96. The van der Waals surface area contributed by atoms with Crippen LogP contribution in [-0.4, -0.2) is 18.5 Å². The van der Waals surface area contributed by atoms with Gasteiger partial charge in [0.1, 0.15) is 12.4 Å². The molecule has 0 aliphatic heterocycles. The summed E-state index contributed by atoms with van der Waals surface area (Å²) in [5, 5.41) is 2.73.